The molecule has 1 amide bonds. The molecule has 9 heteroatoms. The van der Waals surface area contributed by atoms with Gasteiger partial charge < -0.3 is 30.1 Å². The summed E-state index contributed by atoms with van der Waals surface area (Å²) in [6.45, 7) is 19.4. The topological polar surface area (TPSA) is 105 Å². The number of halogens is 1. The third-order valence-electron chi connectivity index (χ3n) is 10.6. The molecule has 1 fully saturated rings. The molecule has 0 aromatic heterocycles. The lowest BCUT2D eigenvalue weighted by atomic mass is 10.0. The molecular formula is C49H66ClN3O5. The van der Waals surface area contributed by atoms with E-state index in [9.17, 15) is 14.7 Å². The number of ether oxygens (including phenoxy) is 2. The summed E-state index contributed by atoms with van der Waals surface area (Å²) in [6.07, 6.45) is 3.75. The average Bonchev–Trinajstić information content (AvgIpc) is 3.82. The van der Waals surface area contributed by atoms with Gasteiger partial charge >= 0.3 is 0 Å². The first-order chi connectivity index (χ1) is 27.8. The summed E-state index contributed by atoms with van der Waals surface area (Å²) in [4.78, 5) is 27.8. The Balaban J connectivity index is 0.000000221. The third kappa shape index (κ3) is 14.8. The maximum atomic E-state index is 13.0. The van der Waals surface area contributed by atoms with Gasteiger partial charge in [-0.05, 0) is 98.2 Å². The van der Waals surface area contributed by atoms with Crippen molar-refractivity contribution in [1.29, 1.82) is 0 Å². The number of amides is 1. The van der Waals surface area contributed by atoms with Crippen molar-refractivity contribution in [2.24, 2.45) is 5.73 Å². The van der Waals surface area contributed by atoms with Gasteiger partial charge in [-0.15, -0.1) is 0 Å². The van der Waals surface area contributed by atoms with E-state index in [1.807, 2.05) is 91.5 Å². The van der Waals surface area contributed by atoms with Gasteiger partial charge in [0.1, 0.15) is 5.72 Å². The molecule has 314 valence electrons. The van der Waals surface area contributed by atoms with Crippen molar-refractivity contribution in [1.82, 2.24) is 9.80 Å². The van der Waals surface area contributed by atoms with Crippen LogP contribution >= 0.6 is 11.6 Å². The monoisotopic (exact) mass is 811 g/mol. The van der Waals surface area contributed by atoms with Crippen molar-refractivity contribution in [3.63, 3.8) is 0 Å². The predicted molar refractivity (Wildman–Crippen MR) is 237 cm³/mol. The number of aliphatic hydroxyl groups is 1. The second-order valence-corrected chi connectivity index (χ2v) is 15.5. The van der Waals surface area contributed by atoms with E-state index >= 15 is 0 Å². The van der Waals surface area contributed by atoms with Crippen molar-refractivity contribution < 1.29 is 24.2 Å². The molecule has 0 radical (unpaired) electrons. The van der Waals surface area contributed by atoms with Crippen LogP contribution in [0.4, 0.5) is 0 Å². The molecule has 3 N–H and O–H groups in total. The summed E-state index contributed by atoms with van der Waals surface area (Å²) < 4.78 is 10.8. The summed E-state index contributed by atoms with van der Waals surface area (Å²) in [5, 5.41) is 9.12. The molecule has 58 heavy (non-hydrogen) atoms. The van der Waals surface area contributed by atoms with Crippen molar-refractivity contribution in [2.75, 3.05) is 26.7 Å². The zero-order valence-electron chi connectivity index (χ0n) is 35.7. The smallest absolute Gasteiger partial charge is 0.225 e. The van der Waals surface area contributed by atoms with Gasteiger partial charge in [-0.25, -0.2) is 0 Å². The van der Waals surface area contributed by atoms with Gasteiger partial charge in [-0.1, -0.05) is 137 Å². The zero-order chi connectivity index (χ0) is 42.7. The van der Waals surface area contributed by atoms with E-state index in [-0.39, 0.29) is 35.4 Å². The summed E-state index contributed by atoms with van der Waals surface area (Å²) in [6, 6.07) is 36.2. The molecule has 2 aliphatic carbocycles. The minimum absolute atomic E-state index is 0.0551. The average molecular weight is 813 g/mol. The van der Waals surface area contributed by atoms with E-state index in [1.165, 1.54) is 41.9 Å². The maximum Gasteiger partial charge on any atom is 0.225 e. The van der Waals surface area contributed by atoms with E-state index in [4.69, 9.17) is 22.1 Å². The molecule has 0 spiro atoms. The first kappa shape index (κ1) is 48.1. The minimum Gasteiger partial charge on any atom is -0.502 e. The first-order valence-corrected chi connectivity index (χ1v) is 20.9. The van der Waals surface area contributed by atoms with Crippen molar-refractivity contribution >= 4 is 22.8 Å². The number of benzene rings is 4. The van der Waals surface area contributed by atoms with E-state index in [2.05, 4.69) is 73.4 Å². The number of hydrogen-bond donors (Lipinski definition) is 2. The highest BCUT2D eigenvalue weighted by Crippen LogP contribution is 2.48. The maximum absolute atomic E-state index is 13.0. The highest BCUT2D eigenvalue weighted by molar-refractivity contribution is 6.63. The highest BCUT2D eigenvalue weighted by Gasteiger charge is 2.53. The summed E-state index contributed by atoms with van der Waals surface area (Å²) in [5.41, 5.74) is 12.4. The molecule has 3 aliphatic rings. The Morgan fingerprint density at radius 2 is 1.26 bits per heavy atom. The summed E-state index contributed by atoms with van der Waals surface area (Å²) >= 11 is 5.19. The summed E-state index contributed by atoms with van der Waals surface area (Å²) in [5.74, 6) is 0.929. The van der Waals surface area contributed by atoms with E-state index in [0.717, 1.165) is 36.1 Å². The van der Waals surface area contributed by atoms with Crippen LogP contribution in [0.1, 0.15) is 99.8 Å². The lowest BCUT2D eigenvalue weighted by molar-refractivity contribution is -0.147. The molecular weight excluding hydrogens is 746 g/mol. The van der Waals surface area contributed by atoms with Gasteiger partial charge in [0, 0.05) is 25.7 Å². The molecule has 1 aliphatic heterocycles. The van der Waals surface area contributed by atoms with Crippen molar-refractivity contribution in [3.8, 4) is 0 Å². The molecule has 0 bridgehead atoms. The number of fused-ring (bicyclic) bond motifs is 4. The third-order valence-corrected chi connectivity index (χ3v) is 10.8. The molecule has 7 rings (SSSR count). The zero-order valence-corrected chi connectivity index (χ0v) is 36.5. The Morgan fingerprint density at radius 3 is 1.71 bits per heavy atom. The number of nitrogens with two attached hydrogens (primary N) is 1. The lowest BCUT2D eigenvalue weighted by Crippen LogP contribution is -2.44. The van der Waals surface area contributed by atoms with Crippen LogP contribution in [-0.2, 0) is 44.7 Å². The Morgan fingerprint density at radius 1 is 0.810 bits per heavy atom. The number of rotatable bonds is 10. The van der Waals surface area contributed by atoms with Crippen LogP contribution in [0.2, 0.25) is 0 Å². The fourth-order valence-electron chi connectivity index (χ4n) is 7.35. The van der Waals surface area contributed by atoms with E-state index in [1.54, 1.807) is 14.0 Å². The number of methoxy groups -OCH3 is 1. The van der Waals surface area contributed by atoms with Gasteiger partial charge in [0.2, 0.25) is 11.1 Å². The highest BCUT2D eigenvalue weighted by atomic mass is 35.5. The van der Waals surface area contributed by atoms with E-state index in [0.29, 0.717) is 19.3 Å². The van der Waals surface area contributed by atoms with Crippen LogP contribution in [0.25, 0.3) is 0 Å². The van der Waals surface area contributed by atoms with Crippen LogP contribution in [0.3, 0.4) is 0 Å². The number of allylic oxidation sites excluding steroid dienone is 1. The fraction of sp³-hybridized carbons (Fsp3) is 0.429. The standard InChI is InChI=1S/C21H23NO2.C9H9ClO.C9H11NO.C6H15N.C4H8O/c1-21(2)22(19(23)13-12-15-8-4-3-5-9-15)20-17-11-7-6-10-16(17)14-18(20)24-21;10-9(11)7-6-8-4-2-1-3-5-8;10-9-7-4-2-1-3-6(7)5-8(9)11;1-4-7(5-2)6-3;1-4(2)5-3/h3-11,18,20H,12-14H2,1-2H3;1-5H,6-7H2;1-4,8-9,11H,5,10H2;4-6H2,1-3H3;1H2,2-3H3/t18-,20?;;8-,9+;;/m1.1../s1. The summed E-state index contributed by atoms with van der Waals surface area (Å²) in [7, 11) is 1.60. The lowest BCUT2D eigenvalue weighted by Gasteiger charge is -2.34. The molecule has 1 saturated heterocycles. The molecule has 4 atom stereocenters. The van der Waals surface area contributed by atoms with Crippen LogP contribution in [0.5, 0.6) is 0 Å². The Bertz CT molecular complexity index is 1830. The van der Waals surface area contributed by atoms with Crippen LogP contribution in [-0.4, -0.2) is 70.7 Å². The fourth-order valence-corrected chi connectivity index (χ4v) is 7.44. The first-order valence-electron chi connectivity index (χ1n) is 20.5. The predicted octanol–water partition coefficient (Wildman–Crippen LogP) is 9.38. The Labute approximate surface area is 353 Å². The number of nitrogens with zero attached hydrogens (tertiary/aromatic N) is 2. The molecule has 1 heterocycles. The molecule has 8 nitrogen and oxygen atoms in total. The quantitative estimate of drug-likeness (QED) is 0.122. The molecule has 4 aromatic carbocycles. The van der Waals surface area contributed by atoms with Gasteiger partial charge in [-0.2, -0.15) is 0 Å². The Kier molecular flexibility index (Phi) is 20.4. The van der Waals surface area contributed by atoms with Crippen LogP contribution in [0.15, 0.2) is 122 Å². The number of aryl methyl sites for hydroxylation is 2. The van der Waals surface area contributed by atoms with Crippen LogP contribution < -0.4 is 5.73 Å². The number of hydrogen-bond acceptors (Lipinski definition) is 7. The van der Waals surface area contributed by atoms with Gasteiger partial charge in [0.15, 0.2) is 0 Å². The van der Waals surface area contributed by atoms with Gasteiger partial charge in [-0.3, -0.25) is 9.59 Å². The minimum atomic E-state index is -0.545. The number of carbonyl (C=O) groups is 2. The number of aliphatic hydroxyl groups excluding tert-OH is 1. The molecule has 0 saturated carbocycles. The number of carbonyl (C=O) groups excluding carboxylic acids is 2. The largest absolute Gasteiger partial charge is 0.502 e. The Hall–Kier alpha value is -4.31. The van der Waals surface area contributed by atoms with Crippen molar-refractivity contribution in [3.05, 3.63) is 155 Å². The molecule has 1 unspecified atom stereocenters. The van der Waals surface area contributed by atoms with E-state index < -0.39 is 5.72 Å². The SMILES string of the molecule is C=C(C)OC.CC1(C)O[C@@H]2Cc3ccccc3C2N1C(=O)CCc1ccccc1.CCN(CC)CC.N[C@H]1c2ccccc2C[C@H]1O.O=C(Cl)CCc1ccccc1. The van der Waals surface area contributed by atoms with Gasteiger partial charge in [0.25, 0.3) is 0 Å². The van der Waals surface area contributed by atoms with Crippen LogP contribution in [0, 0.1) is 0 Å². The van der Waals surface area contributed by atoms with Gasteiger partial charge in [0.05, 0.1) is 37.2 Å². The normalized spacial score (nSPS) is 18.9. The second kappa shape index (κ2) is 24.6. The van der Waals surface area contributed by atoms with Crippen molar-refractivity contribution in [2.45, 2.75) is 110 Å². The molecule has 4 aromatic rings. The second-order valence-electron chi connectivity index (χ2n) is 15.1.